The van der Waals surface area contributed by atoms with Gasteiger partial charge in [0.15, 0.2) is 0 Å². The number of nitro benzene ring substituents is 1. The summed E-state index contributed by atoms with van der Waals surface area (Å²) in [5.74, 6) is 0.141. The highest BCUT2D eigenvalue weighted by atomic mass is 32.2. The van der Waals surface area contributed by atoms with Crippen LogP contribution in [0.1, 0.15) is 30.9 Å². The summed E-state index contributed by atoms with van der Waals surface area (Å²) in [5.41, 5.74) is 1.75. The van der Waals surface area contributed by atoms with E-state index >= 15 is 0 Å². The highest BCUT2D eigenvalue weighted by molar-refractivity contribution is 7.99. The van der Waals surface area contributed by atoms with Crippen molar-refractivity contribution >= 4 is 35.8 Å². The van der Waals surface area contributed by atoms with Gasteiger partial charge in [-0.15, -0.1) is 0 Å². The highest BCUT2D eigenvalue weighted by Gasteiger charge is 2.19. The molecule has 162 valence electrons. The second kappa shape index (κ2) is 10.3. The lowest BCUT2D eigenvalue weighted by Crippen LogP contribution is -2.47. The van der Waals surface area contributed by atoms with Gasteiger partial charge in [0.05, 0.1) is 9.82 Å². The monoisotopic (exact) mass is 439 g/mol. The van der Waals surface area contributed by atoms with E-state index in [9.17, 15) is 19.7 Å². The van der Waals surface area contributed by atoms with Crippen LogP contribution in [0.2, 0.25) is 0 Å². The first-order valence-corrected chi connectivity index (χ1v) is 10.9. The number of nitrogens with zero attached hydrogens (tertiary/aromatic N) is 3. The van der Waals surface area contributed by atoms with Crippen molar-refractivity contribution in [3.63, 3.8) is 0 Å². The molecule has 0 radical (unpaired) electrons. The molecule has 3 rings (SSSR count). The SMILES string of the molecule is CC(C)c1ccccc1Sc1ccc(/C=C/C(=O)N2CCN(C=O)CC2)cc1[N+](=O)[O-]. The smallest absolute Gasteiger partial charge is 0.283 e. The lowest BCUT2D eigenvalue weighted by Gasteiger charge is -2.31. The number of hydrogen-bond donors (Lipinski definition) is 0. The maximum absolute atomic E-state index is 12.4. The van der Waals surface area contributed by atoms with Crippen molar-refractivity contribution in [2.75, 3.05) is 26.2 Å². The third kappa shape index (κ3) is 5.73. The predicted molar refractivity (Wildman–Crippen MR) is 121 cm³/mol. The van der Waals surface area contributed by atoms with Crippen molar-refractivity contribution in [2.24, 2.45) is 0 Å². The Morgan fingerprint density at radius 2 is 1.81 bits per heavy atom. The lowest BCUT2D eigenvalue weighted by molar-refractivity contribution is -0.387. The number of piperazine rings is 1. The van der Waals surface area contributed by atoms with E-state index in [2.05, 4.69) is 13.8 Å². The Morgan fingerprint density at radius 1 is 1.10 bits per heavy atom. The van der Waals surface area contributed by atoms with E-state index in [1.165, 1.54) is 23.9 Å². The molecule has 0 saturated carbocycles. The van der Waals surface area contributed by atoms with Gasteiger partial charge in [-0.1, -0.05) is 49.9 Å². The van der Waals surface area contributed by atoms with Gasteiger partial charge in [-0.3, -0.25) is 19.7 Å². The first kappa shape index (κ1) is 22.6. The van der Waals surface area contributed by atoms with E-state index in [0.29, 0.717) is 42.6 Å². The van der Waals surface area contributed by atoms with Crippen LogP contribution in [-0.4, -0.2) is 53.2 Å². The second-order valence-corrected chi connectivity index (χ2v) is 8.66. The molecule has 1 heterocycles. The number of rotatable bonds is 7. The minimum atomic E-state index is -0.391. The number of carbonyl (C=O) groups excluding carboxylic acids is 2. The molecule has 8 heteroatoms. The minimum Gasteiger partial charge on any atom is -0.342 e. The summed E-state index contributed by atoms with van der Waals surface area (Å²) in [4.78, 5) is 39.3. The Kier molecular flexibility index (Phi) is 7.46. The average molecular weight is 440 g/mol. The van der Waals surface area contributed by atoms with Crippen molar-refractivity contribution in [3.8, 4) is 0 Å². The maximum Gasteiger partial charge on any atom is 0.283 e. The molecule has 0 unspecified atom stereocenters. The van der Waals surface area contributed by atoms with Gasteiger partial charge in [0.1, 0.15) is 0 Å². The molecule has 0 aliphatic carbocycles. The van der Waals surface area contributed by atoms with Gasteiger partial charge in [0.2, 0.25) is 12.3 Å². The first-order valence-electron chi connectivity index (χ1n) is 10.1. The summed E-state index contributed by atoms with van der Waals surface area (Å²) in [6.07, 6.45) is 3.81. The van der Waals surface area contributed by atoms with E-state index in [1.807, 2.05) is 24.3 Å². The van der Waals surface area contributed by atoms with Crippen LogP contribution in [-0.2, 0) is 9.59 Å². The van der Waals surface area contributed by atoms with E-state index in [4.69, 9.17) is 0 Å². The summed E-state index contributed by atoms with van der Waals surface area (Å²) in [6, 6.07) is 12.9. The van der Waals surface area contributed by atoms with Crippen molar-refractivity contribution in [2.45, 2.75) is 29.6 Å². The zero-order valence-corrected chi connectivity index (χ0v) is 18.4. The summed E-state index contributed by atoms with van der Waals surface area (Å²) in [5, 5.41) is 11.7. The molecule has 0 aromatic heterocycles. The van der Waals surface area contributed by atoms with Crippen molar-refractivity contribution in [3.05, 3.63) is 69.8 Å². The largest absolute Gasteiger partial charge is 0.342 e. The standard InChI is InChI=1S/C23H25N3O4S/c1-17(2)19-5-3-4-6-21(19)31-22-9-7-18(15-20(22)26(29)30)8-10-23(28)25-13-11-24(16-27)12-14-25/h3-10,15-17H,11-14H2,1-2H3/b10-8+. The minimum absolute atomic E-state index is 0.0118. The molecule has 31 heavy (non-hydrogen) atoms. The maximum atomic E-state index is 12.4. The molecule has 1 aliphatic heterocycles. The number of nitro groups is 1. The molecule has 0 N–H and O–H groups in total. The molecular weight excluding hydrogens is 414 g/mol. The van der Waals surface area contributed by atoms with Crippen LogP contribution >= 0.6 is 11.8 Å². The zero-order valence-electron chi connectivity index (χ0n) is 17.6. The van der Waals surface area contributed by atoms with Gasteiger partial charge in [0.25, 0.3) is 5.69 Å². The molecule has 1 aliphatic rings. The Balaban J connectivity index is 1.76. The Hall–Kier alpha value is -3.13. The topological polar surface area (TPSA) is 83.8 Å². The molecule has 2 aromatic carbocycles. The van der Waals surface area contributed by atoms with E-state index in [-0.39, 0.29) is 11.6 Å². The Morgan fingerprint density at radius 3 is 2.45 bits per heavy atom. The van der Waals surface area contributed by atoms with Crippen molar-refractivity contribution in [1.82, 2.24) is 9.80 Å². The van der Waals surface area contributed by atoms with Crippen LogP contribution in [0.5, 0.6) is 0 Å². The van der Waals surface area contributed by atoms with E-state index < -0.39 is 4.92 Å². The lowest BCUT2D eigenvalue weighted by atomic mass is 10.0. The summed E-state index contributed by atoms with van der Waals surface area (Å²) in [6.45, 7) is 6.17. The fourth-order valence-corrected chi connectivity index (χ4v) is 4.54. The van der Waals surface area contributed by atoms with Crippen LogP contribution in [0, 0.1) is 10.1 Å². The van der Waals surface area contributed by atoms with Gasteiger partial charge in [-0.2, -0.15) is 0 Å². The number of benzene rings is 2. The third-order valence-electron chi connectivity index (χ3n) is 5.13. The van der Waals surface area contributed by atoms with Crippen LogP contribution in [0.3, 0.4) is 0 Å². The summed E-state index contributed by atoms with van der Waals surface area (Å²) < 4.78 is 0. The molecule has 0 bridgehead atoms. The van der Waals surface area contributed by atoms with Gasteiger partial charge in [0, 0.05) is 43.2 Å². The average Bonchev–Trinajstić information content (AvgIpc) is 2.78. The van der Waals surface area contributed by atoms with Gasteiger partial charge in [-0.25, -0.2) is 0 Å². The van der Waals surface area contributed by atoms with Crippen molar-refractivity contribution in [1.29, 1.82) is 0 Å². The van der Waals surface area contributed by atoms with E-state index in [1.54, 1.807) is 28.0 Å². The number of carbonyl (C=O) groups is 2. The molecule has 1 saturated heterocycles. The van der Waals surface area contributed by atoms with E-state index in [0.717, 1.165) is 16.9 Å². The molecule has 2 aromatic rings. The third-order valence-corrected chi connectivity index (χ3v) is 6.29. The second-order valence-electron chi connectivity index (χ2n) is 7.58. The molecule has 0 atom stereocenters. The van der Waals surface area contributed by atoms with Crippen molar-refractivity contribution < 1.29 is 14.5 Å². The normalized spacial score (nSPS) is 14.3. The fraction of sp³-hybridized carbons (Fsp3) is 0.304. The molecule has 2 amide bonds. The number of hydrogen-bond acceptors (Lipinski definition) is 5. The van der Waals surface area contributed by atoms with Crippen LogP contribution in [0.15, 0.2) is 58.3 Å². The summed E-state index contributed by atoms with van der Waals surface area (Å²) in [7, 11) is 0. The van der Waals surface area contributed by atoms with Gasteiger partial charge in [-0.05, 0) is 35.3 Å². The zero-order chi connectivity index (χ0) is 22.4. The first-order chi connectivity index (χ1) is 14.9. The quantitative estimate of drug-likeness (QED) is 0.280. The highest BCUT2D eigenvalue weighted by Crippen LogP contribution is 2.39. The predicted octanol–water partition coefficient (Wildman–Crippen LogP) is 4.18. The molecule has 1 fully saturated rings. The van der Waals surface area contributed by atoms with Crippen LogP contribution < -0.4 is 0 Å². The fourth-order valence-electron chi connectivity index (χ4n) is 3.36. The molecular formula is C23H25N3O4S. The van der Waals surface area contributed by atoms with Crippen LogP contribution in [0.4, 0.5) is 5.69 Å². The Bertz CT molecular complexity index is 998. The van der Waals surface area contributed by atoms with Gasteiger partial charge < -0.3 is 9.80 Å². The number of amides is 2. The Labute approximate surface area is 185 Å². The van der Waals surface area contributed by atoms with Gasteiger partial charge >= 0.3 is 0 Å². The van der Waals surface area contributed by atoms with Crippen LogP contribution in [0.25, 0.3) is 6.08 Å². The summed E-state index contributed by atoms with van der Waals surface area (Å²) >= 11 is 1.38. The molecule has 7 nitrogen and oxygen atoms in total. The molecule has 0 spiro atoms.